The molecule has 0 aromatic carbocycles. The van der Waals surface area contributed by atoms with E-state index in [4.69, 9.17) is 5.11 Å². The molecule has 0 amide bonds. The third-order valence-corrected chi connectivity index (χ3v) is 4.51. The minimum atomic E-state index is -0.833. The van der Waals surface area contributed by atoms with Gasteiger partial charge < -0.3 is 9.67 Å². The average molecular weight is 285 g/mol. The van der Waals surface area contributed by atoms with Gasteiger partial charge in [-0.05, 0) is 11.3 Å². The van der Waals surface area contributed by atoms with E-state index in [1.165, 1.54) is 11.8 Å². The first kappa shape index (κ1) is 16.0. The minimum absolute atomic E-state index is 0.0178. The number of hydrogen-bond donors (Lipinski definition) is 1. The number of thioether (sulfide) groups is 1. The van der Waals surface area contributed by atoms with Crippen molar-refractivity contribution in [1.29, 1.82) is 0 Å². The first-order chi connectivity index (χ1) is 8.77. The zero-order valence-electron chi connectivity index (χ0n) is 12.3. The van der Waals surface area contributed by atoms with Crippen molar-refractivity contribution in [1.82, 2.24) is 14.8 Å². The normalized spacial score (nSPS) is 12.1. The number of carbonyl (C=O) groups is 1. The lowest BCUT2D eigenvalue weighted by atomic mass is 9.81. The number of aliphatic carboxylic acids is 1. The molecule has 0 atom stereocenters. The van der Waals surface area contributed by atoms with Crippen LogP contribution in [-0.4, -0.2) is 31.6 Å². The smallest absolute Gasteiger partial charge is 0.313 e. The molecule has 1 N–H and O–H groups in total. The van der Waals surface area contributed by atoms with E-state index in [0.29, 0.717) is 11.1 Å². The maximum absolute atomic E-state index is 10.7. The highest BCUT2D eigenvalue weighted by Gasteiger charge is 2.26. The molecule has 0 fully saturated rings. The van der Waals surface area contributed by atoms with Crippen molar-refractivity contribution in [2.45, 2.75) is 52.7 Å². The van der Waals surface area contributed by atoms with E-state index in [2.05, 4.69) is 42.5 Å². The standard InChI is InChI=1S/C13H23N3O2S/c1-6-10-14-15-12(19-7-11(17)18)16(10)8-13(4,5)9(2)3/h9H,6-8H2,1-5H3,(H,17,18). The highest BCUT2D eigenvalue weighted by molar-refractivity contribution is 7.99. The molecule has 19 heavy (non-hydrogen) atoms. The van der Waals surface area contributed by atoms with E-state index in [0.717, 1.165) is 18.8 Å². The predicted octanol–water partition coefficient (Wildman–Crippen LogP) is 2.70. The lowest BCUT2D eigenvalue weighted by Gasteiger charge is -2.30. The second kappa shape index (κ2) is 6.41. The van der Waals surface area contributed by atoms with Crippen LogP contribution >= 0.6 is 11.8 Å². The summed E-state index contributed by atoms with van der Waals surface area (Å²) in [6.45, 7) is 11.7. The second-order valence-electron chi connectivity index (χ2n) is 5.66. The van der Waals surface area contributed by atoms with E-state index in [-0.39, 0.29) is 11.2 Å². The van der Waals surface area contributed by atoms with Crippen LogP contribution < -0.4 is 0 Å². The van der Waals surface area contributed by atoms with Crippen molar-refractivity contribution < 1.29 is 9.90 Å². The van der Waals surface area contributed by atoms with Crippen LogP contribution in [0.2, 0.25) is 0 Å². The molecule has 0 aliphatic heterocycles. The topological polar surface area (TPSA) is 68.0 Å². The summed E-state index contributed by atoms with van der Waals surface area (Å²) in [6.07, 6.45) is 0.800. The van der Waals surface area contributed by atoms with Gasteiger partial charge in [0.15, 0.2) is 5.16 Å². The summed E-state index contributed by atoms with van der Waals surface area (Å²) >= 11 is 1.23. The Morgan fingerprint density at radius 3 is 2.53 bits per heavy atom. The van der Waals surface area contributed by atoms with E-state index in [9.17, 15) is 4.79 Å². The maximum Gasteiger partial charge on any atom is 0.313 e. The monoisotopic (exact) mass is 285 g/mol. The molecule has 1 heterocycles. The molecule has 1 rings (SSSR count). The van der Waals surface area contributed by atoms with Gasteiger partial charge in [0, 0.05) is 13.0 Å². The third kappa shape index (κ3) is 4.23. The summed E-state index contributed by atoms with van der Waals surface area (Å²) in [5, 5.41) is 17.7. The van der Waals surface area contributed by atoms with Crippen LogP contribution in [-0.2, 0) is 17.8 Å². The van der Waals surface area contributed by atoms with Crippen LogP contribution in [0.15, 0.2) is 5.16 Å². The number of hydrogen-bond acceptors (Lipinski definition) is 4. The Bertz CT molecular complexity index is 441. The quantitative estimate of drug-likeness (QED) is 0.780. The molecule has 0 radical (unpaired) electrons. The van der Waals surface area contributed by atoms with E-state index < -0.39 is 5.97 Å². The van der Waals surface area contributed by atoms with Gasteiger partial charge in [-0.15, -0.1) is 10.2 Å². The average Bonchev–Trinajstić information content (AvgIpc) is 2.67. The zero-order valence-corrected chi connectivity index (χ0v) is 13.1. The number of rotatable bonds is 7. The van der Waals surface area contributed by atoms with Gasteiger partial charge in [0.1, 0.15) is 5.82 Å². The summed E-state index contributed by atoms with van der Waals surface area (Å²) < 4.78 is 2.06. The molecule has 0 saturated heterocycles. The Labute approximate surface area is 118 Å². The zero-order chi connectivity index (χ0) is 14.6. The van der Waals surface area contributed by atoms with Crippen LogP contribution in [0.5, 0.6) is 0 Å². The molecule has 0 spiro atoms. The van der Waals surface area contributed by atoms with Crippen LogP contribution in [0.25, 0.3) is 0 Å². The number of aromatic nitrogens is 3. The van der Waals surface area contributed by atoms with Gasteiger partial charge in [0.25, 0.3) is 0 Å². The highest BCUT2D eigenvalue weighted by atomic mass is 32.2. The van der Waals surface area contributed by atoms with Crippen LogP contribution in [0.3, 0.4) is 0 Å². The molecule has 0 saturated carbocycles. The third-order valence-electron chi connectivity index (χ3n) is 3.56. The Kier molecular flexibility index (Phi) is 5.40. The van der Waals surface area contributed by atoms with Crippen molar-refractivity contribution >= 4 is 17.7 Å². The van der Waals surface area contributed by atoms with Gasteiger partial charge in [-0.25, -0.2) is 0 Å². The fourth-order valence-electron chi connectivity index (χ4n) is 1.56. The number of aryl methyl sites for hydroxylation is 1. The molecule has 5 nitrogen and oxygen atoms in total. The number of carboxylic acids is 1. The van der Waals surface area contributed by atoms with Gasteiger partial charge in [-0.2, -0.15) is 0 Å². The summed E-state index contributed by atoms with van der Waals surface area (Å²) in [7, 11) is 0. The molecule has 0 bridgehead atoms. The summed E-state index contributed by atoms with van der Waals surface area (Å²) in [5.41, 5.74) is 0.116. The van der Waals surface area contributed by atoms with Crippen molar-refractivity contribution in [3.8, 4) is 0 Å². The summed E-state index contributed by atoms with van der Waals surface area (Å²) in [6, 6.07) is 0. The van der Waals surface area contributed by atoms with Crippen molar-refractivity contribution in [2.75, 3.05) is 5.75 Å². The Morgan fingerprint density at radius 2 is 2.05 bits per heavy atom. The van der Waals surface area contributed by atoms with E-state index in [1.807, 2.05) is 6.92 Å². The summed E-state index contributed by atoms with van der Waals surface area (Å²) in [4.78, 5) is 10.7. The van der Waals surface area contributed by atoms with E-state index in [1.54, 1.807) is 0 Å². The van der Waals surface area contributed by atoms with Crippen LogP contribution in [0.1, 0.15) is 40.4 Å². The summed E-state index contributed by atoms with van der Waals surface area (Å²) in [5.74, 6) is 0.628. The Hall–Kier alpha value is -1.04. The molecule has 6 heteroatoms. The number of nitrogens with zero attached hydrogens (tertiary/aromatic N) is 3. The van der Waals surface area contributed by atoms with Crippen molar-refractivity contribution in [3.05, 3.63) is 5.82 Å². The first-order valence-electron chi connectivity index (χ1n) is 6.54. The van der Waals surface area contributed by atoms with Crippen LogP contribution in [0, 0.1) is 11.3 Å². The van der Waals surface area contributed by atoms with Crippen molar-refractivity contribution in [3.63, 3.8) is 0 Å². The van der Waals surface area contributed by atoms with Crippen LogP contribution in [0.4, 0.5) is 0 Å². The molecule has 0 unspecified atom stereocenters. The van der Waals surface area contributed by atoms with Gasteiger partial charge in [0.2, 0.25) is 0 Å². The Morgan fingerprint density at radius 1 is 1.42 bits per heavy atom. The van der Waals surface area contributed by atoms with Gasteiger partial charge in [-0.3, -0.25) is 4.79 Å². The SMILES string of the molecule is CCc1nnc(SCC(=O)O)n1CC(C)(C)C(C)C. The van der Waals surface area contributed by atoms with Crippen molar-refractivity contribution in [2.24, 2.45) is 11.3 Å². The number of carboxylic acid groups (broad SMARTS) is 1. The molecule has 0 aliphatic rings. The Balaban J connectivity index is 2.96. The first-order valence-corrected chi connectivity index (χ1v) is 7.53. The lowest BCUT2D eigenvalue weighted by molar-refractivity contribution is -0.133. The molecule has 0 aliphatic carbocycles. The predicted molar refractivity (Wildman–Crippen MR) is 76.4 cm³/mol. The van der Waals surface area contributed by atoms with Gasteiger partial charge in [-0.1, -0.05) is 46.4 Å². The molecular weight excluding hydrogens is 262 g/mol. The fourth-order valence-corrected chi connectivity index (χ4v) is 2.24. The lowest BCUT2D eigenvalue weighted by Crippen LogP contribution is -2.27. The maximum atomic E-state index is 10.7. The molecule has 1 aromatic heterocycles. The highest BCUT2D eigenvalue weighted by Crippen LogP contribution is 2.30. The second-order valence-corrected chi connectivity index (χ2v) is 6.61. The molecule has 108 valence electrons. The van der Waals surface area contributed by atoms with Gasteiger partial charge >= 0.3 is 5.97 Å². The minimum Gasteiger partial charge on any atom is -0.481 e. The van der Waals surface area contributed by atoms with E-state index >= 15 is 0 Å². The molecular formula is C13H23N3O2S. The van der Waals surface area contributed by atoms with Gasteiger partial charge in [0.05, 0.1) is 5.75 Å². The largest absolute Gasteiger partial charge is 0.481 e. The fraction of sp³-hybridized carbons (Fsp3) is 0.769. The molecule has 1 aromatic rings.